The highest BCUT2D eigenvalue weighted by Gasteiger charge is 2.29. The fourth-order valence-corrected chi connectivity index (χ4v) is 1.48. The van der Waals surface area contributed by atoms with Gasteiger partial charge in [-0.15, -0.1) is 0 Å². The second kappa shape index (κ2) is 4.86. The third-order valence-electron chi connectivity index (χ3n) is 3.02. The van der Waals surface area contributed by atoms with Gasteiger partial charge in [0.15, 0.2) is 0 Å². The van der Waals surface area contributed by atoms with E-state index in [-0.39, 0.29) is 0 Å². The Balaban J connectivity index is 3.99. The van der Waals surface area contributed by atoms with E-state index in [0.29, 0.717) is 11.8 Å². The fraction of sp³-hybridized carbons (Fsp3) is 1.00. The van der Waals surface area contributed by atoms with Crippen molar-refractivity contribution in [3.05, 3.63) is 0 Å². The average molecular weight is 172 g/mol. The third-order valence-corrected chi connectivity index (χ3v) is 3.02. The van der Waals surface area contributed by atoms with Crippen molar-refractivity contribution in [1.82, 2.24) is 0 Å². The molecule has 0 fully saturated rings. The molecule has 2 atom stereocenters. The predicted octanol–water partition coefficient (Wildman–Crippen LogP) is 3.22. The van der Waals surface area contributed by atoms with Crippen LogP contribution in [0.15, 0.2) is 0 Å². The molecule has 0 saturated heterocycles. The number of hydrogen-bond acceptors (Lipinski definition) is 1. The summed E-state index contributed by atoms with van der Waals surface area (Å²) in [6, 6.07) is 0. The molecule has 0 aromatic carbocycles. The lowest BCUT2D eigenvalue weighted by Gasteiger charge is -2.33. The van der Waals surface area contributed by atoms with Crippen LogP contribution < -0.4 is 0 Å². The van der Waals surface area contributed by atoms with Crippen LogP contribution in [0.3, 0.4) is 0 Å². The molecular weight excluding hydrogens is 148 g/mol. The molecule has 0 aromatic rings. The van der Waals surface area contributed by atoms with Gasteiger partial charge in [0.25, 0.3) is 0 Å². The summed E-state index contributed by atoms with van der Waals surface area (Å²) >= 11 is 0. The standard InChI is InChI=1S/C11H24O/c1-6-7-8-11(5,12)10(4)9(2)3/h9-10,12H,6-8H2,1-5H3. The zero-order chi connectivity index (χ0) is 9.78. The van der Waals surface area contributed by atoms with Gasteiger partial charge in [-0.05, 0) is 25.2 Å². The zero-order valence-corrected chi connectivity index (χ0v) is 9.22. The van der Waals surface area contributed by atoms with Gasteiger partial charge in [0.05, 0.1) is 5.60 Å². The van der Waals surface area contributed by atoms with Gasteiger partial charge < -0.3 is 5.11 Å². The molecule has 74 valence electrons. The van der Waals surface area contributed by atoms with Gasteiger partial charge in [0.1, 0.15) is 0 Å². The van der Waals surface area contributed by atoms with Crippen LogP contribution in [0.4, 0.5) is 0 Å². The van der Waals surface area contributed by atoms with E-state index in [0.717, 1.165) is 12.8 Å². The van der Waals surface area contributed by atoms with E-state index in [4.69, 9.17) is 0 Å². The summed E-state index contributed by atoms with van der Waals surface area (Å²) < 4.78 is 0. The van der Waals surface area contributed by atoms with Crippen molar-refractivity contribution < 1.29 is 5.11 Å². The molecule has 0 radical (unpaired) electrons. The minimum Gasteiger partial charge on any atom is -0.390 e. The topological polar surface area (TPSA) is 20.2 Å². The molecule has 0 heterocycles. The van der Waals surface area contributed by atoms with Gasteiger partial charge >= 0.3 is 0 Å². The fourth-order valence-electron chi connectivity index (χ4n) is 1.48. The molecule has 0 aliphatic heterocycles. The molecule has 0 amide bonds. The summed E-state index contributed by atoms with van der Waals surface area (Å²) in [6.45, 7) is 10.6. The average Bonchev–Trinajstić information content (AvgIpc) is 1.99. The molecule has 0 saturated carbocycles. The Hall–Kier alpha value is -0.0400. The lowest BCUT2D eigenvalue weighted by Crippen LogP contribution is -2.35. The van der Waals surface area contributed by atoms with E-state index in [2.05, 4.69) is 27.7 Å². The normalized spacial score (nSPS) is 19.2. The predicted molar refractivity (Wildman–Crippen MR) is 54.2 cm³/mol. The van der Waals surface area contributed by atoms with E-state index >= 15 is 0 Å². The van der Waals surface area contributed by atoms with Crippen molar-refractivity contribution in [2.75, 3.05) is 0 Å². The lowest BCUT2D eigenvalue weighted by molar-refractivity contribution is -0.0212. The Kier molecular flexibility index (Phi) is 4.84. The van der Waals surface area contributed by atoms with Crippen LogP contribution >= 0.6 is 0 Å². The third kappa shape index (κ3) is 3.57. The van der Waals surface area contributed by atoms with Gasteiger partial charge in [-0.2, -0.15) is 0 Å². The molecule has 0 aliphatic rings. The number of rotatable bonds is 5. The van der Waals surface area contributed by atoms with Gasteiger partial charge in [-0.1, -0.05) is 40.5 Å². The van der Waals surface area contributed by atoms with Crippen LogP contribution in [0, 0.1) is 11.8 Å². The van der Waals surface area contributed by atoms with E-state index in [1.807, 2.05) is 6.92 Å². The zero-order valence-electron chi connectivity index (χ0n) is 9.22. The molecule has 12 heavy (non-hydrogen) atoms. The van der Waals surface area contributed by atoms with Crippen molar-refractivity contribution in [2.24, 2.45) is 11.8 Å². The Labute approximate surface area is 77.2 Å². The highest BCUT2D eigenvalue weighted by atomic mass is 16.3. The largest absolute Gasteiger partial charge is 0.390 e. The molecule has 0 aromatic heterocycles. The minimum absolute atomic E-state index is 0.393. The van der Waals surface area contributed by atoms with Gasteiger partial charge in [-0.3, -0.25) is 0 Å². The summed E-state index contributed by atoms with van der Waals surface area (Å²) in [5.74, 6) is 0.959. The van der Waals surface area contributed by atoms with Crippen LogP contribution in [0.1, 0.15) is 53.9 Å². The lowest BCUT2D eigenvalue weighted by atomic mass is 9.79. The van der Waals surface area contributed by atoms with E-state index in [1.54, 1.807) is 0 Å². The smallest absolute Gasteiger partial charge is 0.0647 e. The first-order valence-electron chi connectivity index (χ1n) is 5.14. The number of hydrogen-bond donors (Lipinski definition) is 1. The highest BCUT2D eigenvalue weighted by Crippen LogP contribution is 2.28. The molecule has 1 N–H and O–H groups in total. The first kappa shape index (κ1) is 12.0. The second-order valence-corrected chi connectivity index (χ2v) is 4.49. The van der Waals surface area contributed by atoms with Gasteiger partial charge in [0.2, 0.25) is 0 Å². The molecule has 1 nitrogen and oxygen atoms in total. The molecule has 0 rings (SSSR count). The van der Waals surface area contributed by atoms with Crippen molar-refractivity contribution in [3.8, 4) is 0 Å². The summed E-state index contributed by atoms with van der Waals surface area (Å²) in [5.41, 5.74) is -0.468. The summed E-state index contributed by atoms with van der Waals surface area (Å²) in [4.78, 5) is 0. The van der Waals surface area contributed by atoms with Crippen LogP contribution in [-0.2, 0) is 0 Å². The molecule has 0 bridgehead atoms. The second-order valence-electron chi connectivity index (χ2n) is 4.49. The maximum atomic E-state index is 10.1. The van der Waals surface area contributed by atoms with Crippen LogP contribution in [0.2, 0.25) is 0 Å². The van der Waals surface area contributed by atoms with E-state index in [1.165, 1.54) is 6.42 Å². The van der Waals surface area contributed by atoms with Crippen molar-refractivity contribution in [2.45, 2.75) is 59.5 Å². The molecule has 0 aliphatic carbocycles. The first-order chi connectivity index (χ1) is 5.41. The summed E-state index contributed by atoms with van der Waals surface area (Å²) in [7, 11) is 0. The SMILES string of the molecule is CCCCC(C)(O)C(C)C(C)C. The Morgan fingerprint density at radius 3 is 2.08 bits per heavy atom. The molecule has 2 unspecified atom stereocenters. The summed E-state index contributed by atoms with van der Waals surface area (Å²) in [5, 5.41) is 10.1. The van der Waals surface area contributed by atoms with E-state index in [9.17, 15) is 5.11 Å². The van der Waals surface area contributed by atoms with Crippen LogP contribution in [-0.4, -0.2) is 10.7 Å². The number of aliphatic hydroxyl groups is 1. The quantitative estimate of drug-likeness (QED) is 0.675. The van der Waals surface area contributed by atoms with Gasteiger partial charge in [0, 0.05) is 0 Å². The van der Waals surface area contributed by atoms with Crippen LogP contribution in [0.25, 0.3) is 0 Å². The maximum absolute atomic E-state index is 10.1. The number of unbranched alkanes of at least 4 members (excludes halogenated alkanes) is 1. The minimum atomic E-state index is -0.468. The monoisotopic (exact) mass is 172 g/mol. The maximum Gasteiger partial charge on any atom is 0.0647 e. The van der Waals surface area contributed by atoms with Crippen molar-refractivity contribution >= 4 is 0 Å². The Morgan fingerprint density at radius 2 is 1.75 bits per heavy atom. The highest BCUT2D eigenvalue weighted by molar-refractivity contribution is 4.80. The Bertz CT molecular complexity index is 116. The van der Waals surface area contributed by atoms with Gasteiger partial charge in [-0.25, -0.2) is 0 Å². The Morgan fingerprint density at radius 1 is 1.25 bits per heavy atom. The van der Waals surface area contributed by atoms with E-state index < -0.39 is 5.60 Å². The molecule has 1 heteroatoms. The van der Waals surface area contributed by atoms with Crippen molar-refractivity contribution in [1.29, 1.82) is 0 Å². The first-order valence-corrected chi connectivity index (χ1v) is 5.14. The summed E-state index contributed by atoms with van der Waals surface area (Å²) in [6.07, 6.45) is 3.23. The van der Waals surface area contributed by atoms with Crippen LogP contribution in [0.5, 0.6) is 0 Å². The molecule has 0 spiro atoms. The van der Waals surface area contributed by atoms with Crippen molar-refractivity contribution in [3.63, 3.8) is 0 Å². The molecular formula is C11H24O.